The van der Waals surface area contributed by atoms with Crippen LogP contribution in [0.2, 0.25) is 0 Å². The van der Waals surface area contributed by atoms with Crippen LogP contribution in [0.5, 0.6) is 0 Å². The van der Waals surface area contributed by atoms with Crippen molar-refractivity contribution in [2.75, 3.05) is 37.6 Å². The molecule has 0 spiro atoms. The monoisotopic (exact) mass is 404 g/mol. The van der Waals surface area contributed by atoms with Crippen molar-refractivity contribution in [3.8, 4) is 0 Å². The van der Waals surface area contributed by atoms with Gasteiger partial charge in [-0.15, -0.1) is 0 Å². The number of carbonyl (C=O) groups excluding carboxylic acids is 1. The van der Waals surface area contributed by atoms with Crippen molar-refractivity contribution < 1.29 is 14.3 Å². The first-order valence-electron chi connectivity index (χ1n) is 9.53. The number of aromatic amines is 1. The Balaban J connectivity index is 2.43. The van der Waals surface area contributed by atoms with Crippen molar-refractivity contribution in [1.29, 1.82) is 0 Å². The number of benzene rings is 1. The van der Waals surface area contributed by atoms with E-state index in [4.69, 9.17) is 15.2 Å². The fourth-order valence-electron chi connectivity index (χ4n) is 2.81. The molecule has 29 heavy (non-hydrogen) atoms. The Kier molecular flexibility index (Phi) is 8.63. The highest BCUT2D eigenvalue weighted by molar-refractivity contribution is 5.96. The Morgan fingerprint density at radius 1 is 1.21 bits per heavy atom. The van der Waals surface area contributed by atoms with Crippen LogP contribution in [-0.2, 0) is 27.4 Å². The van der Waals surface area contributed by atoms with E-state index in [-0.39, 0.29) is 31.3 Å². The Morgan fingerprint density at radius 2 is 1.93 bits per heavy atom. The number of rotatable bonds is 11. The zero-order valence-electron chi connectivity index (χ0n) is 16.8. The van der Waals surface area contributed by atoms with Crippen LogP contribution >= 0.6 is 0 Å². The van der Waals surface area contributed by atoms with Crippen LogP contribution < -0.4 is 21.9 Å². The minimum Gasteiger partial charge on any atom is -0.383 e. The minimum absolute atomic E-state index is 0.0339. The number of H-pyrrole nitrogens is 1. The number of ether oxygens (including phenoxy) is 2. The number of unbranched alkanes of at least 4 members (excludes halogenated alkanes) is 1. The van der Waals surface area contributed by atoms with E-state index in [9.17, 15) is 14.4 Å². The van der Waals surface area contributed by atoms with Gasteiger partial charge in [0.25, 0.3) is 11.5 Å². The molecule has 0 atom stereocenters. The number of carbonyl (C=O) groups is 1. The predicted molar refractivity (Wildman–Crippen MR) is 111 cm³/mol. The molecule has 9 heteroatoms. The number of nitrogens with zero attached hydrogens (tertiary/aromatic N) is 2. The van der Waals surface area contributed by atoms with Crippen LogP contribution in [-0.4, -0.2) is 42.4 Å². The number of aromatic nitrogens is 2. The number of anilines is 2. The first-order chi connectivity index (χ1) is 14.0. The molecule has 0 aliphatic heterocycles. The summed E-state index contributed by atoms with van der Waals surface area (Å²) in [6, 6.07) is 9.20. The van der Waals surface area contributed by atoms with Gasteiger partial charge >= 0.3 is 5.69 Å². The fraction of sp³-hybridized carbons (Fsp3) is 0.450. The SMILES string of the molecule is CCCCn1c(N)c(N(Cc2ccccc2)C(=O)COCCOC)c(=O)[nH]c1=O. The highest BCUT2D eigenvalue weighted by Gasteiger charge is 2.24. The molecule has 2 rings (SSSR count). The zero-order chi connectivity index (χ0) is 21.2. The molecule has 9 nitrogen and oxygen atoms in total. The summed E-state index contributed by atoms with van der Waals surface area (Å²) in [5, 5.41) is 0. The van der Waals surface area contributed by atoms with Gasteiger partial charge in [-0.2, -0.15) is 0 Å². The summed E-state index contributed by atoms with van der Waals surface area (Å²) < 4.78 is 11.5. The van der Waals surface area contributed by atoms with Gasteiger partial charge < -0.3 is 15.2 Å². The van der Waals surface area contributed by atoms with Gasteiger partial charge in [-0.25, -0.2) is 4.79 Å². The summed E-state index contributed by atoms with van der Waals surface area (Å²) in [6.07, 6.45) is 1.56. The molecule has 2 aromatic rings. The van der Waals surface area contributed by atoms with Crippen molar-refractivity contribution in [3.63, 3.8) is 0 Å². The second-order valence-electron chi connectivity index (χ2n) is 6.51. The molecule has 1 amide bonds. The lowest BCUT2D eigenvalue weighted by atomic mass is 10.2. The third kappa shape index (κ3) is 6.03. The van der Waals surface area contributed by atoms with Crippen LogP contribution in [0, 0.1) is 0 Å². The lowest BCUT2D eigenvalue weighted by Crippen LogP contribution is -2.42. The van der Waals surface area contributed by atoms with Crippen LogP contribution in [0.25, 0.3) is 0 Å². The predicted octanol–water partition coefficient (Wildman–Crippen LogP) is 1.12. The van der Waals surface area contributed by atoms with Crippen LogP contribution in [0.1, 0.15) is 25.3 Å². The molecule has 3 N–H and O–H groups in total. The lowest BCUT2D eigenvalue weighted by molar-refractivity contribution is -0.123. The largest absolute Gasteiger partial charge is 0.383 e. The summed E-state index contributed by atoms with van der Waals surface area (Å²) in [5.74, 6) is -0.476. The molecule has 1 aromatic carbocycles. The molecular weight excluding hydrogens is 376 g/mol. The van der Waals surface area contributed by atoms with Crippen molar-refractivity contribution in [2.24, 2.45) is 0 Å². The quantitative estimate of drug-likeness (QED) is 0.542. The zero-order valence-corrected chi connectivity index (χ0v) is 16.8. The van der Waals surface area contributed by atoms with E-state index in [1.54, 1.807) is 0 Å². The molecule has 0 unspecified atom stereocenters. The fourth-order valence-corrected chi connectivity index (χ4v) is 2.81. The average molecular weight is 404 g/mol. The van der Waals surface area contributed by atoms with E-state index >= 15 is 0 Å². The molecule has 0 saturated heterocycles. The number of amides is 1. The molecule has 0 bridgehead atoms. The third-order valence-corrected chi connectivity index (χ3v) is 4.36. The molecule has 0 radical (unpaired) electrons. The summed E-state index contributed by atoms with van der Waals surface area (Å²) in [4.78, 5) is 41.2. The van der Waals surface area contributed by atoms with E-state index in [0.29, 0.717) is 19.6 Å². The summed E-state index contributed by atoms with van der Waals surface area (Å²) in [5.41, 5.74) is 5.64. The smallest absolute Gasteiger partial charge is 0.330 e. The first-order valence-corrected chi connectivity index (χ1v) is 9.53. The van der Waals surface area contributed by atoms with Gasteiger partial charge in [-0.05, 0) is 12.0 Å². The maximum atomic E-state index is 12.9. The summed E-state index contributed by atoms with van der Waals surface area (Å²) >= 11 is 0. The molecular formula is C20H28N4O5. The van der Waals surface area contributed by atoms with Crippen LogP contribution in [0.15, 0.2) is 39.9 Å². The first kappa shape index (κ1) is 22.4. The molecule has 1 aromatic heterocycles. The van der Waals surface area contributed by atoms with Gasteiger partial charge in [-0.3, -0.25) is 24.0 Å². The standard InChI is InChI=1S/C20H28N4O5/c1-3-4-10-23-18(21)17(19(26)22-20(23)27)24(13-15-8-6-5-7-9-15)16(25)14-29-12-11-28-2/h5-9H,3-4,10-14,21H2,1-2H3,(H,22,26,27). The summed E-state index contributed by atoms with van der Waals surface area (Å²) in [6.45, 7) is 2.79. The van der Waals surface area contributed by atoms with E-state index in [1.807, 2.05) is 37.3 Å². The maximum Gasteiger partial charge on any atom is 0.330 e. The van der Waals surface area contributed by atoms with E-state index in [2.05, 4.69) is 4.98 Å². The Labute approximate surface area is 169 Å². The van der Waals surface area contributed by atoms with Gasteiger partial charge in [0.2, 0.25) is 0 Å². The second-order valence-corrected chi connectivity index (χ2v) is 6.51. The van der Waals surface area contributed by atoms with Gasteiger partial charge in [-0.1, -0.05) is 43.7 Å². The molecule has 0 saturated carbocycles. The van der Waals surface area contributed by atoms with E-state index in [0.717, 1.165) is 12.0 Å². The Bertz CT molecular complexity index is 907. The average Bonchev–Trinajstić information content (AvgIpc) is 2.70. The van der Waals surface area contributed by atoms with Crippen LogP contribution in [0.4, 0.5) is 11.5 Å². The lowest BCUT2D eigenvalue weighted by Gasteiger charge is -2.24. The second kappa shape index (κ2) is 11.2. The van der Waals surface area contributed by atoms with Gasteiger partial charge in [0.05, 0.1) is 19.8 Å². The van der Waals surface area contributed by atoms with Gasteiger partial charge in [0.1, 0.15) is 12.4 Å². The highest BCUT2D eigenvalue weighted by Crippen LogP contribution is 2.20. The minimum atomic E-state index is -0.707. The molecule has 158 valence electrons. The number of nitrogens with two attached hydrogens (primary N) is 1. The molecule has 0 fully saturated rings. The van der Waals surface area contributed by atoms with Gasteiger partial charge in [0.15, 0.2) is 5.69 Å². The van der Waals surface area contributed by atoms with Gasteiger partial charge in [0, 0.05) is 13.7 Å². The number of nitrogens with one attached hydrogen (secondary N) is 1. The Hall–Kier alpha value is -2.91. The van der Waals surface area contributed by atoms with E-state index < -0.39 is 17.2 Å². The number of hydrogen-bond acceptors (Lipinski definition) is 6. The van der Waals surface area contributed by atoms with Crippen molar-refractivity contribution in [3.05, 3.63) is 56.7 Å². The van der Waals surface area contributed by atoms with Crippen LogP contribution in [0.3, 0.4) is 0 Å². The number of nitrogen functional groups attached to an aromatic ring is 1. The summed E-state index contributed by atoms with van der Waals surface area (Å²) in [7, 11) is 1.53. The number of hydrogen-bond donors (Lipinski definition) is 2. The third-order valence-electron chi connectivity index (χ3n) is 4.36. The molecule has 0 aliphatic carbocycles. The number of methoxy groups -OCH3 is 1. The van der Waals surface area contributed by atoms with Crippen molar-refractivity contribution >= 4 is 17.4 Å². The topological polar surface area (TPSA) is 120 Å². The molecule has 1 heterocycles. The van der Waals surface area contributed by atoms with E-state index in [1.165, 1.54) is 16.6 Å². The normalized spacial score (nSPS) is 10.8. The van der Waals surface area contributed by atoms with Crippen molar-refractivity contribution in [1.82, 2.24) is 9.55 Å². The molecule has 0 aliphatic rings. The maximum absolute atomic E-state index is 12.9. The van der Waals surface area contributed by atoms with Crippen molar-refractivity contribution in [2.45, 2.75) is 32.9 Å². The Morgan fingerprint density at radius 3 is 2.59 bits per heavy atom. The highest BCUT2D eigenvalue weighted by atomic mass is 16.5.